The topological polar surface area (TPSA) is 104 Å². The molecule has 2 aromatic rings. The van der Waals surface area contributed by atoms with Gasteiger partial charge in [-0.25, -0.2) is 0 Å². The fourth-order valence-electron chi connectivity index (χ4n) is 3.79. The summed E-state index contributed by atoms with van der Waals surface area (Å²) in [6.45, 7) is 0. The second-order valence-electron chi connectivity index (χ2n) is 6.34. The summed E-state index contributed by atoms with van der Waals surface area (Å²) < 4.78 is 5.19. The van der Waals surface area contributed by atoms with E-state index < -0.39 is 17.7 Å². The number of phenols is 2. The van der Waals surface area contributed by atoms with Gasteiger partial charge < -0.3 is 20.1 Å². The molecule has 2 aromatic carbocycles. The van der Waals surface area contributed by atoms with E-state index in [4.69, 9.17) is 4.74 Å². The Bertz CT molecular complexity index is 950. The van der Waals surface area contributed by atoms with E-state index in [0.29, 0.717) is 24.0 Å². The molecule has 2 aliphatic rings. The van der Waals surface area contributed by atoms with Gasteiger partial charge in [0, 0.05) is 23.1 Å². The molecule has 6 nitrogen and oxygen atoms in total. The number of rotatable bonds is 1. The number of benzene rings is 2. The first-order chi connectivity index (χ1) is 12.0. The van der Waals surface area contributed by atoms with E-state index in [1.807, 2.05) is 0 Å². The van der Waals surface area contributed by atoms with E-state index in [1.165, 1.54) is 13.2 Å². The third-order valence-corrected chi connectivity index (χ3v) is 5.00. The quantitative estimate of drug-likeness (QED) is 0.562. The molecule has 1 atom stereocenters. The molecule has 1 unspecified atom stereocenters. The van der Waals surface area contributed by atoms with Crippen LogP contribution in [0.3, 0.4) is 0 Å². The molecule has 0 radical (unpaired) electrons. The standard InChI is InChI=1S/C19H16O6.ClH/c1-25-12-4-2-3-10-13(12)19(24)15-14(17(10)22)18(23)11-7-8(20)5-6-9(11)16(15)21;/h2-4,8,20-21,23H,5-7H2,1H3;1H. The van der Waals surface area contributed by atoms with Gasteiger partial charge in [-0.05, 0) is 18.9 Å². The number of fused-ring (bicyclic) bond motifs is 3. The van der Waals surface area contributed by atoms with Gasteiger partial charge in [-0.2, -0.15) is 0 Å². The van der Waals surface area contributed by atoms with Crippen molar-refractivity contribution in [1.82, 2.24) is 0 Å². The van der Waals surface area contributed by atoms with Crippen molar-refractivity contribution < 1.29 is 29.6 Å². The molecule has 0 saturated heterocycles. The van der Waals surface area contributed by atoms with Crippen molar-refractivity contribution in [3.8, 4) is 17.2 Å². The van der Waals surface area contributed by atoms with Crippen LogP contribution in [-0.4, -0.2) is 40.1 Å². The molecule has 0 saturated carbocycles. The molecule has 3 N–H and O–H groups in total. The largest absolute Gasteiger partial charge is 0.507 e. The summed E-state index contributed by atoms with van der Waals surface area (Å²) in [7, 11) is 1.40. The van der Waals surface area contributed by atoms with Crippen LogP contribution in [0.4, 0.5) is 0 Å². The average molecular weight is 377 g/mol. The Kier molecular flexibility index (Phi) is 4.42. The summed E-state index contributed by atoms with van der Waals surface area (Å²) in [5, 5.41) is 31.2. The smallest absolute Gasteiger partial charge is 0.202 e. The molecule has 2 aliphatic carbocycles. The van der Waals surface area contributed by atoms with E-state index >= 15 is 0 Å². The summed E-state index contributed by atoms with van der Waals surface area (Å²) in [5.74, 6) is -1.46. The van der Waals surface area contributed by atoms with Gasteiger partial charge in [0.25, 0.3) is 0 Å². The van der Waals surface area contributed by atoms with Crippen molar-refractivity contribution in [2.45, 2.75) is 25.4 Å². The highest BCUT2D eigenvalue weighted by Crippen LogP contribution is 2.46. The van der Waals surface area contributed by atoms with Crippen molar-refractivity contribution in [2.24, 2.45) is 0 Å². The van der Waals surface area contributed by atoms with Crippen LogP contribution in [0.5, 0.6) is 17.2 Å². The molecular weight excluding hydrogens is 360 g/mol. The predicted octanol–water partition coefficient (Wildman–Crippen LogP) is 2.15. The summed E-state index contributed by atoms with van der Waals surface area (Å²) in [4.78, 5) is 25.9. The van der Waals surface area contributed by atoms with Crippen LogP contribution in [0.25, 0.3) is 0 Å². The Morgan fingerprint density at radius 3 is 2.35 bits per heavy atom. The number of methoxy groups -OCH3 is 1. The lowest BCUT2D eigenvalue weighted by molar-refractivity contribution is 0.0970. The van der Waals surface area contributed by atoms with E-state index in [1.54, 1.807) is 12.1 Å². The number of ketones is 2. The molecule has 4 rings (SSSR count). The van der Waals surface area contributed by atoms with Crippen molar-refractivity contribution >= 4 is 24.0 Å². The number of aliphatic hydroxyl groups excluding tert-OH is 1. The van der Waals surface area contributed by atoms with Crippen molar-refractivity contribution in [2.75, 3.05) is 7.11 Å². The van der Waals surface area contributed by atoms with Gasteiger partial charge in [0.1, 0.15) is 17.2 Å². The Labute approximate surface area is 155 Å². The highest BCUT2D eigenvalue weighted by atomic mass is 35.5. The van der Waals surface area contributed by atoms with Gasteiger partial charge in [0.05, 0.1) is 29.9 Å². The van der Waals surface area contributed by atoms with Gasteiger partial charge >= 0.3 is 0 Å². The van der Waals surface area contributed by atoms with Crippen LogP contribution in [0.2, 0.25) is 0 Å². The molecule has 0 amide bonds. The SMILES string of the molecule is COc1cccc2c1C(=O)c1c(O)c3c(c(O)c1C2=O)CC(O)CC3.Cl. The number of hydrogen-bond acceptors (Lipinski definition) is 6. The number of halogens is 1. The molecule has 0 aromatic heterocycles. The zero-order valence-electron chi connectivity index (χ0n) is 13.9. The van der Waals surface area contributed by atoms with Gasteiger partial charge in [-0.1, -0.05) is 12.1 Å². The van der Waals surface area contributed by atoms with Gasteiger partial charge in [-0.3, -0.25) is 9.59 Å². The van der Waals surface area contributed by atoms with Crippen molar-refractivity contribution in [3.05, 3.63) is 51.6 Å². The molecule has 26 heavy (non-hydrogen) atoms. The third-order valence-electron chi connectivity index (χ3n) is 5.00. The third kappa shape index (κ3) is 2.29. The first-order valence-corrected chi connectivity index (χ1v) is 7.99. The Morgan fingerprint density at radius 1 is 1.00 bits per heavy atom. The highest BCUT2D eigenvalue weighted by Gasteiger charge is 2.40. The zero-order valence-corrected chi connectivity index (χ0v) is 14.7. The summed E-state index contributed by atoms with van der Waals surface area (Å²) in [5.41, 5.74) is 0.588. The van der Waals surface area contributed by atoms with E-state index in [2.05, 4.69) is 0 Å². The van der Waals surface area contributed by atoms with E-state index in [-0.39, 0.29) is 58.3 Å². The summed E-state index contributed by atoms with van der Waals surface area (Å²) >= 11 is 0. The van der Waals surface area contributed by atoms with Crippen molar-refractivity contribution in [3.63, 3.8) is 0 Å². The zero-order chi connectivity index (χ0) is 17.9. The van der Waals surface area contributed by atoms with Gasteiger partial charge in [0.2, 0.25) is 5.78 Å². The fourth-order valence-corrected chi connectivity index (χ4v) is 3.79. The lowest BCUT2D eigenvalue weighted by Gasteiger charge is -2.28. The summed E-state index contributed by atoms with van der Waals surface area (Å²) in [6, 6.07) is 4.65. The Morgan fingerprint density at radius 2 is 1.65 bits per heavy atom. The van der Waals surface area contributed by atoms with E-state index in [9.17, 15) is 24.9 Å². The van der Waals surface area contributed by atoms with Crippen LogP contribution in [0, 0.1) is 0 Å². The highest BCUT2D eigenvalue weighted by molar-refractivity contribution is 6.31. The summed E-state index contributed by atoms with van der Waals surface area (Å²) in [6.07, 6.45) is 0.219. The monoisotopic (exact) mass is 376 g/mol. The number of ether oxygens (including phenoxy) is 1. The Hall–Kier alpha value is -2.57. The van der Waals surface area contributed by atoms with Crippen LogP contribution in [0.1, 0.15) is 49.4 Å². The van der Waals surface area contributed by atoms with Gasteiger partial charge in [0.15, 0.2) is 5.78 Å². The Balaban J connectivity index is 0.00000196. The molecule has 0 heterocycles. The van der Waals surface area contributed by atoms with Crippen LogP contribution in [-0.2, 0) is 12.8 Å². The number of aromatic hydroxyl groups is 2. The minimum absolute atomic E-state index is 0. The second-order valence-corrected chi connectivity index (χ2v) is 6.34. The number of carbonyl (C=O) groups excluding carboxylic acids is 2. The molecule has 0 spiro atoms. The first-order valence-electron chi connectivity index (χ1n) is 7.99. The van der Waals surface area contributed by atoms with Crippen LogP contribution >= 0.6 is 12.4 Å². The lowest BCUT2D eigenvalue weighted by Crippen LogP contribution is -2.26. The molecule has 0 fully saturated rings. The lowest BCUT2D eigenvalue weighted by atomic mass is 9.77. The normalized spacial score (nSPS) is 17.7. The molecule has 7 heteroatoms. The molecule has 0 aliphatic heterocycles. The number of hydrogen-bond donors (Lipinski definition) is 3. The van der Waals surface area contributed by atoms with E-state index in [0.717, 1.165) is 0 Å². The molecule has 0 bridgehead atoms. The average Bonchev–Trinajstić information content (AvgIpc) is 2.61. The maximum Gasteiger partial charge on any atom is 0.202 e. The maximum atomic E-state index is 13.0. The molecule has 136 valence electrons. The second kappa shape index (κ2) is 6.30. The van der Waals surface area contributed by atoms with Crippen LogP contribution < -0.4 is 4.74 Å². The van der Waals surface area contributed by atoms with Crippen molar-refractivity contribution in [1.29, 1.82) is 0 Å². The van der Waals surface area contributed by atoms with Gasteiger partial charge in [-0.15, -0.1) is 12.4 Å². The number of carbonyl (C=O) groups is 2. The minimum Gasteiger partial charge on any atom is -0.507 e. The number of phenolic OH excluding ortho intramolecular Hbond substituents is 2. The van der Waals surface area contributed by atoms with Crippen LogP contribution in [0.15, 0.2) is 18.2 Å². The first kappa shape index (κ1) is 18.2. The number of aliphatic hydroxyl groups is 1. The fraction of sp³-hybridized carbons (Fsp3) is 0.263. The predicted molar refractivity (Wildman–Crippen MR) is 94.9 cm³/mol. The minimum atomic E-state index is -0.655. The maximum absolute atomic E-state index is 13.0. The molecular formula is C19H17ClO6.